The smallest absolute Gasteiger partial charge is 0.311 e. The van der Waals surface area contributed by atoms with Crippen LogP contribution < -0.4 is 5.56 Å². The van der Waals surface area contributed by atoms with Crippen LogP contribution in [0.4, 0.5) is 0 Å². The fourth-order valence-electron chi connectivity index (χ4n) is 4.70. The van der Waals surface area contributed by atoms with Gasteiger partial charge in [-0.05, 0) is 37.3 Å². The summed E-state index contributed by atoms with van der Waals surface area (Å²) in [6.45, 7) is 2.95. The number of carbonyl (C=O) groups excluding carboxylic acids is 1. The Hall–Kier alpha value is -2.70. The Balaban J connectivity index is 1.48. The number of rotatable bonds is 4. The number of carboxylic acids is 1. The van der Waals surface area contributed by atoms with Crippen molar-refractivity contribution in [3.05, 3.63) is 40.4 Å². The molecule has 2 fully saturated rings. The maximum absolute atomic E-state index is 12.6. The van der Waals surface area contributed by atoms with E-state index in [0.717, 1.165) is 18.4 Å². The third-order valence-electron chi connectivity index (χ3n) is 6.27. The lowest BCUT2D eigenvalue weighted by atomic mass is 9.81. The summed E-state index contributed by atoms with van der Waals surface area (Å²) < 4.78 is 1.46. The molecule has 1 N–H and O–H groups in total. The highest BCUT2D eigenvalue weighted by atomic mass is 16.4. The van der Waals surface area contributed by atoms with Crippen LogP contribution in [0.5, 0.6) is 0 Å². The zero-order chi connectivity index (χ0) is 19.2. The Morgan fingerprint density at radius 2 is 2.19 bits per heavy atom. The molecule has 1 aliphatic heterocycles. The Bertz CT molecular complexity index is 983. The van der Waals surface area contributed by atoms with Crippen molar-refractivity contribution in [1.82, 2.24) is 14.5 Å². The number of likely N-dealkylation sites (tertiary alicyclic amines) is 1. The van der Waals surface area contributed by atoms with Gasteiger partial charge in [-0.25, -0.2) is 4.98 Å². The van der Waals surface area contributed by atoms with E-state index in [4.69, 9.17) is 0 Å². The first-order valence-corrected chi connectivity index (χ1v) is 9.38. The van der Waals surface area contributed by atoms with Crippen molar-refractivity contribution in [2.45, 2.75) is 39.2 Å². The van der Waals surface area contributed by atoms with Crippen molar-refractivity contribution in [3.8, 4) is 0 Å². The van der Waals surface area contributed by atoms with Gasteiger partial charge in [0.15, 0.2) is 0 Å². The lowest BCUT2D eigenvalue weighted by molar-refractivity contribution is -0.149. The number of aromatic nitrogens is 2. The van der Waals surface area contributed by atoms with Gasteiger partial charge in [0.05, 0.1) is 22.6 Å². The first-order chi connectivity index (χ1) is 12.9. The average molecular weight is 369 g/mol. The molecule has 2 aromatic rings. The fraction of sp³-hybridized carbons (Fsp3) is 0.500. The van der Waals surface area contributed by atoms with Crippen LogP contribution in [0.3, 0.4) is 0 Å². The second-order valence-corrected chi connectivity index (χ2v) is 7.79. The molecule has 2 aliphatic rings. The van der Waals surface area contributed by atoms with E-state index in [1.165, 1.54) is 10.9 Å². The lowest BCUT2D eigenvalue weighted by Gasteiger charge is -2.23. The van der Waals surface area contributed by atoms with E-state index in [2.05, 4.69) is 4.98 Å². The number of benzene rings is 1. The standard InChI is InChI=1S/C20H23N3O4/c1-13-4-2-6-15-17(13)21-12-22(18(15)25)9-7-16(24)23-10-14-5-3-8-20(14,11-23)19(26)27/h2,4,6,12,14H,3,5,7-11H2,1H3,(H,26,27)/t14-,20+/m0/s1. The largest absolute Gasteiger partial charge is 0.481 e. The van der Waals surface area contributed by atoms with E-state index in [1.807, 2.05) is 19.1 Å². The number of fused-ring (bicyclic) bond motifs is 2. The third-order valence-corrected chi connectivity index (χ3v) is 6.27. The van der Waals surface area contributed by atoms with E-state index in [1.54, 1.807) is 11.0 Å². The highest BCUT2D eigenvalue weighted by molar-refractivity contribution is 5.82. The number of nitrogens with zero attached hydrogens (tertiary/aromatic N) is 3. The van der Waals surface area contributed by atoms with E-state index in [9.17, 15) is 19.5 Å². The van der Waals surface area contributed by atoms with Crippen molar-refractivity contribution in [3.63, 3.8) is 0 Å². The highest BCUT2D eigenvalue weighted by Crippen LogP contribution is 2.48. The molecule has 0 spiro atoms. The molecular formula is C20H23N3O4. The van der Waals surface area contributed by atoms with Gasteiger partial charge in [0.2, 0.25) is 5.91 Å². The minimum Gasteiger partial charge on any atom is -0.481 e. The minimum absolute atomic E-state index is 0.0481. The Morgan fingerprint density at radius 1 is 1.37 bits per heavy atom. The fourth-order valence-corrected chi connectivity index (χ4v) is 4.70. The molecule has 1 aromatic heterocycles. The van der Waals surface area contributed by atoms with Crippen LogP contribution in [-0.2, 0) is 16.1 Å². The third kappa shape index (κ3) is 2.81. The monoisotopic (exact) mass is 369 g/mol. The zero-order valence-electron chi connectivity index (χ0n) is 15.4. The Kier molecular flexibility index (Phi) is 4.25. The summed E-state index contributed by atoms with van der Waals surface area (Å²) >= 11 is 0. The molecule has 1 saturated carbocycles. The van der Waals surface area contributed by atoms with Gasteiger partial charge in [0, 0.05) is 26.1 Å². The van der Waals surface area contributed by atoms with E-state index in [-0.39, 0.29) is 36.9 Å². The van der Waals surface area contributed by atoms with E-state index >= 15 is 0 Å². The highest BCUT2D eigenvalue weighted by Gasteiger charge is 2.55. The summed E-state index contributed by atoms with van der Waals surface area (Å²) in [5.74, 6) is -0.834. The molecule has 0 unspecified atom stereocenters. The van der Waals surface area contributed by atoms with Crippen LogP contribution in [-0.4, -0.2) is 44.5 Å². The van der Waals surface area contributed by atoms with Crippen LogP contribution >= 0.6 is 0 Å². The van der Waals surface area contributed by atoms with Gasteiger partial charge >= 0.3 is 5.97 Å². The van der Waals surface area contributed by atoms with Gasteiger partial charge in [-0.15, -0.1) is 0 Å². The van der Waals surface area contributed by atoms with Crippen molar-refractivity contribution in [1.29, 1.82) is 0 Å². The van der Waals surface area contributed by atoms with Gasteiger partial charge in [-0.2, -0.15) is 0 Å². The lowest BCUT2D eigenvalue weighted by Crippen LogP contribution is -2.37. The van der Waals surface area contributed by atoms with Crippen LogP contribution in [0.2, 0.25) is 0 Å². The van der Waals surface area contributed by atoms with Crippen LogP contribution in [0, 0.1) is 18.3 Å². The normalized spacial score (nSPS) is 24.3. The molecule has 0 bridgehead atoms. The molecule has 27 heavy (non-hydrogen) atoms. The summed E-state index contributed by atoms with van der Waals surface area (Å²) in [4.78, 5) is 43.1. The minimum atomic E-state index is -0.786. The van der Waals surface area contributed by atoms with Crippen molar-refractivity contribution in [2.75, 3.05) is 13.1 Å². The van der Waals surface area contributed by atoms with Crippen molar-refractivity contribution in [2.24, 2.45) is 11.3 Å². The van der Waals surface area contributed by atoms with E-state index < -0.39 is 11.4 Å². The summed E-state index contributed by atoms with van der Waals surface area (Å²) in [6, 6.07) is 5.48. The Labute approximate surface area is 156 Å². The van der Waals surface area contributed by atoms with Crippen LogP contribution in [0.15, 0.2) is 29.3 Å². The van der Waals surface area contributed by atoms with E-state index in [0.29, 0.717) is 23.9 Å². The number of carboxylic acid groups (broad SMARTS) is 1. The summed E-state index contributed by atoms with van der Waals surface area (Å²) in [7, 11) is 0. The zero-order valence-corrected chi connectivity index (χ0v) is 15.4. The molecule has 7 heteroatoms. The molecule has 7 nitrogen and oxygen atoms in total. The Morgan fingerprint density at radius 3 is 2.93 bits per heavy atom. The molecule has 1 aliphatic carbocycles. The second-order valence-electron chi connectivity index (χ2n) is 7.79. The molecular weight excluding hydrogens is 346 g/mol. The quantitative estimate of drug-likeness (QED) is 0.887. The first kappa shape index (κ1) is 17.7. The van der Waals surface area contributed by atoms with Crippen LogP contribution in [0.25, 0.3) is 10.9 Å². The van der Waals surface area contributed by atoms with Crippen molar-refractivity contribution >= 4 is 22.8 Å². The molecule has 1 aromatic carbocycles. The van der Waals surface area contributed by atoms with Gasteiger partial charge < -0.3 is 10.0 Å². The molecule has 4 rings (SSSR count). The average Bonchev–Trinajstić information content (AvgIpc) is 3.20. The number of para-hydroxylation sites is 1. The molecule has 1 saturated heterocycles. The molecule has 2 atom stereocenters. The van der Waals surface area contributed by atoms with Crippen LogP contribution in [0.1, 0.15) is 31.2 Å². The van der Waals surface area contributed by atoms with Gasteiger partial charge in [0.25, 0.3) is 5.56 Å². The number of carbonyl (C=O) groups is 2. The van der Waals surface area contributed by atoms with Gasteiger partial charge in [0.1, 0.15) is 0 Å². The van der Waals surface area contributed by atoms with Gasteiger partial charge in [-0.1, -0.05) is 18.6 Å². The molecule has 0 radical (unpaired) electrons. The predicted octanol–water partition coefficient (Wildman–Crippen LogP) is 1.81. The molecule has 142 valence electrons. The maximum atomic E-state index is 12.6. The summed E-state index contributed by atoms with van der Waals surface area (Å²) in [5, 5.41) is 10.2. The summed E-state index contributed by atoms with van der Waals surface area (Å²) in [5.41, 5.74) is 0.696. The number of hydrogen-bond acceptors (Lipinski definition) is 4. The maximum Gasteiger partial charge on any atom is 0.311 e. The van der Waals surface area contributed by atoms with Gasteiger partial charge in [-0.3, -0.25) is 19.0 Å². The topological polar surface area (TPSA) is 92.5 Å². The number of amides is 1. The number of aliphatic carboxylic acids is 1. The molecule has 1 amide bonds. The SMILES string of the molecule is Cc1cccc2c(=O)n(CCC(=O)N3C[C@@H]4CCC[C@@]4(C(=O)O)C3)cnc12. The first-order valence-electron chi connectivity index (χ1n) is 9.38. The second kappa shape index (κ2) is 6.48. The van der Waals surface area contributed by atoms with Crippen molar-refractivity contribution < 1.29 is 14.7 Å². The summed E-state index contributed by atoms with van der Waals surface area (Å²) in [6.07, 6.45) is 4.08. The number of hydrogen-bond donors (Lipinski definition) is 1. The molecule has 2 heterocycles. The number of aryl methyl sites for hydroxylation is 2. The predicted molar refractivity (Wildman–Crippen MR) is 99.3 cm³/mol.